The maximum atomic E-state index is 13.8. The molecule has 0 aliphatic heterocycles. The Bertz CT molecular complexity index is 3020. The zero-order valence-electron chi connectivity index (χ0n) is 38.3. The molecule has 0 bridgehead atoms. The SMILES string of the molecule is COc1cc(C(=O)CCC(=O)c2ccc(OC)c(-c3ccc(F)c(Cl)c3)n2)ccc1OCF.COc1cc(C(=O)CCC(O)(c2ccc(OC)c(-c3ccc(F)c(Cl)c3)n2)c2nccs2)ccc1OCF. The number of hydrogen-bond acceptors (Lipinski definition) is 14. The molecule has 0 fully saturated rings. The van der Waals surface area contributed by atoms with Crippen LogP contribution in [0.25, 0.3) is 22.5 Å². The quantitative estimate of drug-likeness (QED) is 0.0534. The maximum Gasteiger partial charge on any atom is 0.228 e. The fourth-order valence-corrected chi connectivity index (χ4v) is 8.19. The van der Waals surface area contributed by atoms with E-state index in [1.165, 1.54) is 119 Å². The van der Waals surface area contributed by atoms with Crippen LogP contribution < -0.4 is 28.4 Å². The Morgan fingerprint density at radius 1 is 0.592 bits per heavy atom. The van der Waals surface area contributed by atoms with Gasteiger partial charge in [-0.05, 0) is 103 Å². The van der Waals surface area contributed by atoms with Crippen molar-refractivity contribution in [2.45, 2.75) is 31.3 Å². The zero-order chi connectivity index (χ0) is 51.2. The van der Waals surface area contributed by atoms with Gasteiger partial charge in [0.1, 0.15) is 45.2 Å². The summed E-state index contributed by atoms with van der Waals surface area (Å²) in [4.78, 5) is 51.7. The van der Waals surface area contributed by atoms with E-state index in [1.54, 1.807) is 29.8 Å². The molecule has 71 heavy (non-hydrogen) atoms. The molecule has 0 radical (unpaired) electrons. The number of aliphatic hydroxyl groups is 1. The van der Waals surface area contributed by atoms with E-state index in [9.17, 15) is 37.1 Å². The van der Waals surface area contributed by atoms with Gasteiger partial charge in [-0.3, -0.25) is 14.4 Å². The van der Waals surface area contributed by atoms with Gasteiger partial charge in [0.15, 0.2) is 45.9 Å². The number of ether oxygens (including phenoxy) is 6. The summed E-state index contributed by atoms with van der Waals surface area (Å²) in [5, 5.41) is 13.8. The molecule has 0 spiro atoms. The molecule has 7 rings (SSSR count). The third kappa shape index (κ3) is 12.8. The van der Waals surface area contributed by atoms with E-state index in [4.69, 9.17) is 51.6 Å². The molecule has 7 aromatic rings. The average Bonchev–Trinajstić information content (AvgIpc) is 3.95. The minimum absolute atomic E-state index is 0.0483. The minimum atomic E-state index is -1.73. The van der Waals surface area contributed by atoms with Gasteiger partial charge in [0.05, 0.1) is 44.2 Å². The van der Waals surface area contributed by atoms with Crippen LogP contribution in [0.5, 0.6) is 34.5 Å². The second-order valence-corrected chi connectivity index (χ2v) is 16.7. The van der Waals surface area contributed by atoms with Crippen LogP contribution in [0.3, 0.4) is 0 Å². The predicted octanol–water partition coefficient (Wildman–Crippen LogP) is 11.9. The monoisotopic (exact) mass is 1040 g/mol. The number of carbonyl (C=O) groups excluding carboxylic acids is 3. The number of carbonyl (C=O) groups is 3. The van der Waals surface area contributed by atoms with E-state index in [2.05, 4.69) is 15.0 Å². The molecular weight excluding hydrogens is 994 g/mol. The Morgan fingerprint density at radius 2 is 1.07 bits per heavy atom. The highest BCUT2D eigenvalue weighted by Gasteiger charge is 2.37. The van der Waals surface area contributed by atoms with Crippen LogP contribution >= 0.6 is 34.5 Å². The van der Waals surface area contributed by atoms with Crippen molar-refractivity contribution < 1.29 is 65.5 Å². The van der Waals surface area contributed by atoms with E-state index in [0.29, 0.717) is 50.1 Å². The molecule has 0 aliphatic rings. The molecule has 20 heteroatoms. The molecule has 0 saturated carbocycles. The van der Waals surface area contributed by atoms with E-state index < -0.39 is 31.0 Å². The minimum Gasteiger partial charge on any atom is -0.494 e. The lowest BCUT2D eigenvalue weighted by Gasteiger charge is -2.26. The van der Waals surface area contributed by atoms with E-state index in [0.717, 1.165) is 0 Å². The van der Waals surface area contributed by atoms with Crippen LogP contribution in [0.1, 0.15) is 67.6 Å². The zero-order valence-corrected chi connectivity index (χ0v) is 40.6. The van der Waals surface area contributed by atoms with Crippen molar-refractivity contribution in [3.8, 4) is 57.0 Å². The van der Waals surface area contributed by atoms with E-state index in [1.807, 2.05) is 0 Å². The Morgan fingerprint density at radius 3 is 1.55 bits per heavy atom. The van der Waals surface area contributed by atoms with Crippen molar-refractivity contribution >= 4 is 51.9 Å². The van der Waals surface area contributed by atoms with Crippen LogP contribution in [0.2, 0.25) is 10.0 Å². The number of hydrogen-bond donors (Lipinski definition) is 1. The van der Waals surface area contributed by atoms with Gasteiger partial charge < -0.3 is 33.5 Å². The number of Topliss-reactive ketones (excluding diaryl/α,β-unsaturated/α-hetero) is 3. The summed E-state index contributed by atoms with van der Waals surface area (Å²) in [5.74, 6) is -0.570. The molecule has 4 aromatic carbocycles. The number of pyridine rings is 2. The van der Waals surface area contributed by atoms with Crippen LogP contribution in [0, 0.1) is 11.6 Å². The fourth-order valence-electron chi connectivity index (χ4n) is 7.06. The highest BCUT2D eigenvalue weighted by Crippen LogP contribution is 2.40. The largest absolute Gasteiger partial charge is 0.494 e. The van der Waals surface area contributed by atoms with Crippen molar-refractivity contribution in [2.24, 2.45) is 0 Å². The first-order chi connectivity index (χ1) is 34.2. The van der Waals surface area contributed by atoms with Crippen molar-refractivity contribution in [3.63, 3.8) is 0 Å². The smallest absolute Gasteiger partial charge is 0.228 e. The molecule has 0 aliphatic carbocycles. The lowest BCUT2D eigenvalue weighted by Crippen LogP contribution is -2.29. The topological polar surface area (TPSA) is 165 Å². The third-order valence-corrected chi connectivity index (χ3v) is 12.2. The standard InChI is InChI=1S/C27H23ClF2N2O5S.C24H20ClF2NO5/c1-35-22-7-8-24(32-25(22)17-3-5-19(30)18(28)13-17)27(34,26-31-11-12-38-26)10-9-20(33)16-4-6-21(37-15-29)23(14-16)36-2;1-31-22-10-6-18(28-24(22)15-3-5-17(27)16(25)11-15)20(30)8-7-19(29)14-4-9-21(33-13-26)23(12-14)32-2/h3-8,11-14,34H,9-10,15H2,1-2H3;3-6,9-12H,7-8,13H2,1-2H3. The molecule has 1 unspecified atom stereocenters. The molecule has 0 saturated heterocycles. The van der Waals surface area contributed by atoms with Crippen molar-refractivity contribution in [1.82, 2.24) is 15.0 Å². The van der Waals surface area contributed by atoms with Crippen LogP contribution in [0.4, 0.5) is 17.6 Å². The van der Waals surface area contributed by atoms with Gasteiger partial charge in [0, 0.05) is 53.1 Å². The Balaban J connectivity index is 0.000000235. The second-order valence-electron chi connectivity index (χ2n) is 15.0. The van der Waals surface area contributed by atoms with Crippen molar-refractivity contribution in [1.29, 1.82) is 0 Å². The number of thiazole rings is 1. The van der Waals surface area contributed by atoms with Crippen LogP contribution in [-0.4, -0.2) is 79.6 Å². The number of halogens is 6. The second kappa shape index (κ2) is 24.6. The molecular formula is C51H43Cl2F4N3O10S. The van der Waals surface area contributed by atoms with Crippen molar-refractivity contribution in [2.75, 3.05) is 42.2 Å². The van der Waals surface area contributed by atoms with E-state index >= 15 is 0 Å². The first-order valence-corrected chi connectivity index (χ1v) is 22.8. The third-order valence-electron chi connectivity index (χ3n) is 10.7. The van der Waals surface area contributed by atoms with Gasteiger partial charge >= 0.3 is 0 Å². The number of ketones is 3. The lowest BCUT2D eigenvalue weighted by atomic mass is 9.90. The number of aromatic nitrogens is 3. The molecule has 3 heterocycles. The summed E-state index contributed by atoms with van der Waals surface area (Å²) in [6.07, 6.45) is 1.26. The molecule has 13 nitrogen and oxygen atoms in total. The summed E-state index contributed by atoms with van der Waals surface area (Å²) >= 11 is 13.1. The first kappa shape index (κ1) is 53.2. The average molecular weight is 1040 g/mol. The maximum absolute atomic E-state index is 13.8. The summed E-state index contributed by atoms with van der Waals surface area (Å²) < 4.78 is 83.1. The first-order valence-electron chi connectivity index (χ1n) is 21.1. The van der Waals surface area contributed by atoms with Gasteiger partial charge in [0.2, 0.25) is 13.7 Å². The number of methoxy groups -OCH3 is 4. The Kier molecular flexibility index (Phi) is 18.5. The number of benzene rings is 4. The molecule has 1 atom stereocenters. The summed E-state index contributed by atoms with van der Waals surface area (Å²) in [7, 11) is 5.68. The number of rotatable bonds is 21. The number of alkyl halides is 2. The summed E-state index contributed by atoms with van der Waals surface area (Å²) in [6.45, 7) is -2.06. The lowest BCUT2D eigenvalue weighted by molar-refractivity contribution is 0.0595. The Labute approximate surface area is 418 Å². The van der Waals surface area contributed by atoms with Gasteiger partial charge in [-0.25, -0.2) is 32.5 Å². The highest BCUT2D eigenvalue weighted by molar-refractivity contribution is 7.09. The summed E-state index contributed by atoms with van der Waals surface area (Å²) in [6, 6.07) is 23.2. The summed E-state index contributed by atoms with van der Waals surface area (Å²) in [5.41, 5.74) is 0.849. The van der Waals surface area contributed by atoms with Crippen molar-refractivity contribution in [3.05, 3.63) is 158 Å². The van der Waals surface area contributed by atoms with Crippen LogP contribution in [0.15, 0.2) is 109 Å². The van der Waals surface area contributed by atoms with Gasteiger partial charge in [-0.1, -0.05) is 23.2 Å². The van der Waals surface area contributed by atoms with Gasteiger partial charge in [0.25, 0.3) is 0 Å². The van der Waals surface area contributed by atoms with Gasteiger partial charge in [-0.15, -0.1) is 11.3 Å². The van der Waals surface area contributed by atoms with E-state index in [-0.39, 0.29) is 87.5 Å². The molecule has 3 aromatic heterocycles. The van der Waals surface area contributed by atoms with Crippen LogP contribution in [-0.2, 0) is 5.60 Å². The Hall–Kier alpha value is -7.12. The predicted molar refractivity (Wildman–Crippen MR) is 258 cm³/mol. The molecule has 0 amide bonds. The van der Waals surface area contributed by atoms with Gasteiger partial charge in [-0.2, -0.15) is 0 Å². The normalized spacial score (nSPS) is 11.6. The highest BCUT2D eigenvalue weighted by atomic mass is 35.5. The molecule has 1 N–H and O–H groups in total. The fraction of sp³-hybridized carbons (Fsp3) is 0.216. The number of nitrogens with zero attached hydrogens (tertiary/aromatic N) is 3. The molecule has 370 valence electrons.